The fourth-order valence-corrected chi connectivity index (χ4v) is 2.33. The van der Waals surface area contributed by atoms with Crippen molar-refractivity contribution in [2.45, 2.75) is 25.9 Å². The summed E-state index contributed by atoms with van der Waals surface area (Å²) in [4.78, 5) is 25.2. The summed E-state index contributed by atoms with van der Waals surface area (Å²) in [5.74, 6) is -2.52. The molecule has 2 rings (SSSR count). The Morgan fingerprint density at radius 2 is 1.92 bits per heavy atom. The van der Waals surface area contributed by atoms with Crippen LogP contribution in [0.2, 0.25) is 0 Å². The van der Waals surface area contributed by atoms with Crippen LogP contribution in [0.25, 0.3) is 6.08 Å². The summed E-state index contributed by atoms with van der Waals surface area (Å²) >= 11 is 0. The summed E-state index contributed by atoms with van der Waals surface area (Å²) in [5.41, 5.74) is 0.760. The minimum atomic E-state index is -0.954. The van der Waals surface area contributed by atoms with E-state index in [9.17, 15) is 18.4 Å². The van der Waals surface area contributed by atoms with Gasteiger partial charge in [0.15, 0.2) is 11.6 Å². The minimum Gasteiger partial charge on any atom is -0.459 e. The predicted octanol–water partition coefficient (Wildman–Crippen LogP) is 3.09. The first-order valence-electron chi connectivity index (χ1n) is 7.65. The molecule has 0 bridgehead atoms. The van der Waals surface area contributed by atoms with Gasteiger partial charge in [-0.1, -0.05) is 12.6 Å². The number of hydrogen-bond donors (Lipinski definition) is 0. The summed E-state index contributed by atoms with van der Waals surface area (Å²) in [6.07, 6.45) is 3.67. The molecule has 1 aliphatic heterocycles. The van der Waals surface area contributed by atoms with Gasteiger partial charge in [-0.3, -0.25) is 4.79 Å². The van der Waals surface area contributed by atoms with Crippen LogP contribution in [0.1, 0.15) is 25.3 Å². The number of rotatable bonds is 4. The number of nitrogens with zero attached hydrogens (tertiary/aromatic N) is 1. The van der Waals surface area contributed by atoms with Gasteiger partial charge in [0.1, 0.15) is 6.10 Å². The van der Waals surface area contributed by atoms with Gasteiger partial charge in [0.05, 0.1) is 0 Å². The number of piperidine rings is 1. The third-order valence-corrected chi connectivity index (χ3v) is 3.74. The van der Waals surface area contributed by atoms with Gasteiger partial charge in [0.25, 0.3) is 0 Å². The molecule has 0 atom stereocenters. The van der Waals surface area contributed by atoms with Crippen LogP contribution in [-0.4, -0.2) is 36.0 Å². The fraction of sp³-hybridized carbons (Fsp3) is 0.333. The second kappa shape index (κ2) is 7.86. The lowest BCUT2D eigenvalue weighted by Crippen LogP contribution is -2.40. The summed E-state index contributed by atoms with van der Waals surface area (Å²) < 4.78 is 31.2. The largest absolute Gasteiger partial charge is 0.459 e. The number of carbonyl (C=O) groups is 2. The first kappa shape index (κ1) is 17.8. The molecule has 128 valence electrons. The van der Waals surface area contributed by atoms with E-state index in [2.05, 4.69) is 6.58 Å². The van der Waals surface area contributed by atoms with Gasteiger partial charge in [-0.2, -0.15) is 0 Å². The highest BCUT2D eigenvalue weighted by molar-refractivity contribution is 5.91. The van der Waals surface area contributed by atoms with Crippen LogP contribution in [0.3, 0.4) is 0 Å². The van der Waals surface area contributed by atoms with Crippen LogP contribution in [0.4, 0.5) is 8.78 Å². The van der Waals surface area contributed by atoms with Crippen LogP contribution in [-0.2, 0) is 14.3 Å². The highest BCUT2D eigenvalue weighted by atomic mass is 19.2. The van der Waals surface area contributed by atoms with Crippen molar-refractivity contribution >= 4 is 18.0 Å². The van der Waals surface area contributed by atoms with Crippen molar-refractivity contribution < 1.29 is 23.1 Å². The number of carbonyl (C=O) groups excluding carboxylic acids is 2. The van der Waals surface area contributed by atoms with E-state index in [0.29, 0.717) is 37.1 Å². The molecule has 1 aliphatic rings. The average molecular weight is 335 g/mol. The summed E-state index contributed by atoms with van der Waals surface area (Å²) in [7, 11) is 0. The third-order valence-electron chi connectivity index (χ3n) is 3.74. The maximum Gasteiger partial charge on any atom is 0.333 e. The van der Waals surface area contributed by atoms with Crippen molar-refractivity contribution in [3.8, 4) is 0 Å². The third kappa shape index (κ3) is 4.75. The normalized spacial score (nSPS) is 15.5. The number of benzene rings is 1. The van der Waals surface area contributed by atoms with E-state index in [4.69, 9.17) is 4.74 Å². The molecule has 1 aromatic rings. The summed E-state index contributed by atoms with van der Waals surface area (Å²) in [5, 5.41) is 0. The molecule has 1 heterocycles. The highest BCUT2D eigenvalue weighted by Crippen LogP contribution is 2.16. The number of halogens is 2. The number of ether oxygens (including phenoxy) is 1. The first-order valence-corrected chi connectivity index (χ1v) is 7.65. The SMILES string of the molecule is C=C(C)C(=O)OC1CCN(C(=O)/C=C/c2ccc(F)c(F)c2)CC1. The van der Waals surface area contributed by atoms with Crippen molar-refractivity contribution in [3.63, 3.8) is 0 Å². The maximum absolute atomic E-state index is 13.1. The van der Waals surface area contributed by atoms with E-state index in [1.54, 1.807) is 11.8 Å². The lowest BCUT2D eigenvalue weighted by molar-refractivity contribution is -0.147. The molecule has 0 saturated carbocycles. The molecule has 0 unspecified atom stereocenters. The molecular weight excluding hydrogens is 316 g/mol. The Bertz CT molecular complexity index is 677. The van der Waals surface area contributed by atoms with E-state index < -0.39 is 17.6 Å². The first-order chi connectivity index (χ1) is 11.4. The molecular formula is C18H19F2NO3. The number of amides is 1. The Kier molecular flexibility index (Phi) is 5.84. The highest BCUT2D eigenvalue weighted by Gasteiger charge is 2.24. The zero-order valence-corrected chi connectivity index (χ0v) is 13.4. The van der Waals surface area contributed by atoms with Crippen LogP contribution in [0.15, 0.2) is 36.4 Å². The van der Waals surface area contributed by atoms with Gasteiger partial charge < -0.3 is 9.64 Å². The number of esters is 1. The fourth-order valence-electron chi connectivity index (χ4n) is 2.33. The van der Waals surface area contributed by atoms with E-state index in [1.807, 2.05) is 0 Å². The van der Waals surface area contributed by atoms with E-state index in [-0.39, 0.29) is 12.0 Å². The number of hydrogen-bond acceptors (Lipinski definition) is 3. The molecule has 6 heteroatoms. The van der Waals surface area contributed by atoms with Crippen molar-refractivity contribution in [2.75, 3.05) is 13.1 Å². The van der Waals surface area contributed by atoms with Crippen molar-refractivity contribution in [3.05, 3.63) is 53.6 Å². The van der Waals surface area contributed by atoms with Crippen LogP contribution in [0.5, 0.6) is 0 Å². The molecule has 0 aliphatic carbocycles. The quantitative estimate of drug-likeness (QED) is 0.627. The van der Waals surface area contributed by atoms with Gasteiger partial charge in [-0.25, -0.2) is 13.6 Å². The van der Waals surface area contributed by atoms with Gasteiger partial charge in [-0.05, 0) is 30.7 Å². The van der Waals surface area contributed by atoms with Crippen molar-refractivity contribution in [1.29, 1.82) is 0 Å². The van der Waals surface area contributed by atoms with E-state index in [0.717, 1.165) is 12.1 Å². The Morgan fingerprint density at radius 3 is 2.50 bits per heavy atom. The lowest BCUT2D eigenvalue weighted by atomic mass is 10.1. The predicted molar refractivity (Wildman–Crippen MR) is 85.9 cm³/mol. The molecule has 24 heavy (non-hydrogen) atoms. The lowest BCUT2D eigenvalue weighted by Gasteiger charge is -2.31. The number of likely N-dealkylation sites (tertiary alicyclic amines) is 1. The van der Waals surface area contributed by atoms with Crippen LogP contribution in [0, 0.1) is 11.6 Å². The maximum atomic E-state index is 13.1. The monoisotopic (exact) mass is 335 g/mol. The second-order valence-corrected chi connectivity index (χ2v) is 5.72. The molecule has 0 spiro atoms. The summed E-state index contributed by atoms with van der Waals surface area (Å²) in [6, 6.07) is 3.44. The van der Waals surface area contributed by atoms with Crippen LogP contribution < -0.4 is 0 Å². The zero-order chi connectivity index (χ0) is 17.7. The zero-order valence-electron chi connectivity index (χ0n) is 13.4. The van der Waals surface area contributed by atoms with Gasteiger partial charge in [0.2, 0.25) is 5.91 Å². The molecule has 0 N–H and O–H groups in total. The second-order valence-electron chi connectivity index (χ2n) is 5.72. The molecule has 4 nitrogen and oxygen atoms in total. The van der Waals surface area contributed by atoms with E-state index >= 15 is 0 Å². The van der Waals surface area contributed by atoms with E-state index in [1.165, 1.54) is 18.2 Å². The molecule has 1 saturated heterocycles. The Morgan fingerprint density at radius 1 is 1.25 bits per heavy atom. The molecule has 0 radical (unpaired) electrons. The Balaban J connectivity index is 1.86. The Hall–Kier alpha value is -2.50. The average Bonchev–Trinajstić information content (AvgIpc) is 2.56. The minimum absolute atomic E-state index is 0.214. The molecule has 1 amide bonds. The van der Waals surface area contributed by atoms with Gasteiger partial charge in [-0.15, -0.1) is 0 Å². The molecule has 0 aromatic heterocycles. The van der Waals surface area contributed by atoms with Gasteiger partial charge in [0, 0.05) is 37.6 Å². The van der Waals surface area contributed by atoms with Crippen molar-refractivity contribution in [1.82, 2.24) is 4.90 Å². The topological polar surface area (TPSA) is 46.6 Å². The molecule has 1 aromatic carbocycles. The smallest absolute Gasteiger partial charge is 0.333 e. The van der Waals surface area contributed by atoms with Gasteiger partial charge >= 0.3 is 5.97 Å². The van der Waals surface area contributed by atoms with Crippen LogP contribution >= 0.6 is 0 Å². The summed E-state index contributed by atoms with van der Waals surface area (Å²) in [6.45, 7) is 6.05. The Labute approximate surface area is 139 Å². The standard InChI is InChI=1S/C18H19F2NO3/c1-12(2)18(23)24-14-7-9-21(10-8-14)17(22)6-4-13-3-5-15(19)16(20)11-13/h3-6,11,14H,1,7-10H2,2H3/b6-4+. The molecule has 1 fully saturated rings. The van der Waals surface area contributed by atoms with Crippen molar-refractivity contribution in [2.24, 2.45) is 0 Å².